The quantitative estimate of drug-likeness (QED) is 0.849. The van der Waals surface area contributed by atoms with Crippen molar-refractivity contribution in [3.05, 3.63) is 15.6 Å². The molecule has 0 aliphatic heterocycles. The van der Waals surface area contributed by atoms with E-state index in [0.29, 0.717) is 12.1 Å². The summed E-state index contributed by atoms with van der Waals surface area (Å²) in [6.07, 6.45) is 4.77. The number of hydrogen-bond acceptors (Lipinski definition) is 4. The van der Waals surface area contributed by atoms with Crippen molar-refractivity contribution in [2.45, 2.75) is 58.2 Å². The maximum Gasteiger partial charge on any atom is 0.0900 e. The summed E-state index contributed by atoms with van der Waals surface area (Å²) < 4.78 is 0. The van der Waals surface area contributed by atoms with Crippen molar-refractivity contribution in [1.82, 2.24) is 10.3 Å². The molecule has 1 aliphatic carbocycles. The highest BCUT2D eigenvalue weighted by molar-refractivity contribution is 7.11. The second-order valence-electron chi connectivity index (χ2n) is 4.73. The third-order valence-electron chi connectivity index (χ3n) is 3.32. The highest BCUT2D eigenvalue weighted by Gasteiger charge is 2.18. The Balaban J connectivity index is 1.81. The number of nitrogens with one attached hydrogen (secondary N) is 1. The van der Waals surface area contributed by atoms with Crippen LogP contribution in [0.4, 0.5) is 0 Å². The number of nitrogens with two attached hydrogens (primary N) is 1. The van der Waals surface area contributed by atoms with E-state index in [1.807, 2.05) is 0 Å². The minimum atomic E-state index is 0.436. The first-order valence-electron chi connectivity index (χ1n) is 6.07. The summed E-state index contributed by atoms with van der Waals surface area (Å²) in [5.74, 6) is 0. The van der Waals surface area contributed by atoms with Crippen molar-refractivity contribution in [1.29, 1.82) is 0 Å². The van der Waals surface area contributed by atoms with Crippen LogP contribution in [-0.4, -0.2) is 17.1 Å². The minimum Gasteiger partial charge on any atom is -0.328 e. The first-order chi connectivity index (χ1) is 7.65. The molecule has 1 aromatic rings. The van der Waals surface area contributed by atoms with Gasteiger partial charge in [-0.1, -0.05) is 0 Å². The molecule has 0 radical (unpaired) electrons. The normalized spacial score (nSPS) is 25.9. The summed E-state index contributed by atoms with van der Waals surface area (Å²) >= 11 is 1.81. The Morgan fingerprint density at radius 1 is 1.31 bits per heavy atom. The van der Waals surface area contributed by atoms with E-state index < -0.39 is 0 Å². The van der Waals surface area contributed by atoms with Crippen LogP contribution >= 0.6 is 11.3 Å². The molecule has 0 saturated heterocycles. The van der Waals surface area contributed by atoms with Crippen molar-refractivity contribution in [2.24, 2.45) is 5.73 Å². The van der Waals surface area contributed by atoms with E-state index in [1.165, 1.54) is 41.3 Å². The predicted molar refractivity (Wildman–Crippen MR) is 68.7 cm³/mol. The van der Waals surface area contributed by atoms with E-state index in [4.69, 9.17) is 5.73 Å². The van der Waals surface area contributed by atoms with Gasteiger partial charge in [0.15, 0.2) is 0 Å². The number of rotatable bonds is 3. The maximum absolute atomic E-state index is 5.90. The Morgan fingerprint density at radius 2 is 2.00 bits per heavy atom. The Hall–Kier alpha value is -0.450. The molecule has 0 spiro atoms. The molecule has 90 valence electrons. The van der Waals surface area contributed by atoms with Gasteiger partial charge in [-0.3, -0.25) is 0 Å². The summed E-state index contributed by atoms with van der Waals surface area (Å²) in [7, 11) is 0. The van der Waals surface area contributed by atoms with Crippen molar-refractivity contribution in [3.8, 4) is 0 Å². The smallest absolute Gasteiger partial charge is 0.0900 e. The zero-order chi connectivity index (χ0) is 11.5. The molecule has 0 amide bonds. The SMILES string of the molecule is Cc1nc(C)c(CNC2CCC(N)CC2)s1. The fourth-order valence-corrected chi connectivity index (χ4v) is 3.19. The van der Waals surface area contributed by atoms with Crippen LogP contribution in [0.15, 0.2) is 0 Å². The average molecular weight is 239 g/mol. The van der Waals surface area contributed by atoms with Gasteiger partial charge >= 0.3 is 0 Å². The van der Waals surface area contributed by atoms with Crippen LogP contribution in [0, 0.1) is 13.8 Å². The number of aryl methyl sites for hydroxylation is 2. The van der Waals surface area contributed by atoms with Crippen LogP contribution in [0.1, 0.15) is 41.3 Å². The zero-order valence-electron chi connectivity index (χ0n) is 10.1. The first-order valence-corrected chi connectivity index (χ1v) is 6.88. The molecule has 3 nitrogen and oxygen atoms in total. The maximum atomic E-state index is 5.90. The van der Waals surface area contributed by atoms with E-state index in [9.17, 15) is 0 Å². The van der Waals surface area contributed by atoms with E-state index in [2.05, 4.69) is 24.1 Å². The van der Waals surface area contributed by atoms with E-state index in [-0.39, 0.29) is 0 Å². The van der Waals surface area contributed by atoms with Gasteiger partial charge in [0, 0.05) is 23.5 Å². The third kappa shape index (κ3) is 3.03. The molecule has 0 bridgehead atoms. The van der Waals surface area contributed by atoms with Crippen LogP contribution in [0.3, 0.4) is 0 Å². The lowest BCUT2D eigenvalue weighted by atomic mass is 9.92. The molecule has 0 atom stereocenters. The van der Waals surface area contributed by atoms with Gasteiger partial charge < -0.3 is 11.1 Å². The van der Waals surface area contributed by atoms with E-state index >= 15 is 0 Å². The van der Waals surface area contributed by atoms with Gasteiger partial charge in [0.25, 0.3) is 0 Å². The second-order valence-corrected chi connectivity index (χ2v) is 6.02. The third-order valence-corrected chi connectivity index (χ3v) is 4.40. The Labute approximate surface area is 101 Å². The molecule has 1 heterocycles. The van der Waals surface area contributed by atoms with Crippen LogP contribution in [0.5, 0.6) is 0 Å². The van der Waals surface area contributed by atoms with Crippen LogP contribution < -0.4 is 11.1 Å². The molecule has 1 aromatic heterocycles. The van der Waals surface area contributed by atoms with Crippen molar-refractivity contribution in [3.63, 3.8) is 0 Å². The fourth-order valence-electron chi connectivity index (χ4n) is 2.30. The molecular formula is C12H21N3S. The molecule has 4 heteroatoms. The molecule has 16 heavy (non-hydrogen) atoms. The number of hydrogen-bond donors (Lipinski definition) is 2. The van der Waals surface area contributed by atoms with Crippen molar-refractivity contribution in [2.75, 3.05) is 0 Å². The lowest BCUT2D eigenvalue weighted by Crippen LogP contribution is -2.36. The number of aromatic nitrogens is 1. The largest absolute Gasteiger partial charge is 0.328 e. The summed E-state index contributed by atoms with van der Waals surface area (Å²) in [4.78, 5) is 5.83. The van der Waals surface area contributed by atoms with Gasteiger partial charge in [-0.2, -0.15) is 0 Å². The predicted octanol–water partition coefficient (Wildman–Crippen LogP) is 2.12. The van der Waals surface area contributed by atoms with Crippen molar-refractivity contribution < 1.29 is 0 Å². The van der Waals surface area contributed by atoms with Crippen molar-refractivity contribution >= 4 is 11.3 Å². The molecule has 2 rings (SSSR count). The van der Waals surface area contributed by atoms with E-state index in [1.54, 1.807) is 11.3 Å². The lowest BCUT2D eigenvalue weighted by Gasteiger charge is -2.26. The van der Waals surface area contributed by atoms with Crippen LogP contribution in [-0.2, 0) is 6.54 Å². The van der Waals surface area contributed by atoms with Gasteiger partial charge in [-0.05, 0) is 39.5 Å². The molecule has 3 N–H and O–H groups in total. The van der Waals surface area contributed by atoms with Gasteiger partial charge in [0.05, 0.1) is 10.7 Å². The summed E-state index contributed by atoms with van der Waals surface area (Å²) in [5.41, 5.74) is 7.08. The van der Waals surface area contributed by atoms with Crippen LogP contribution in [0.25, 0.3) is 0 Å². The number of thiazole rings is 1. The monoisotopic (exact) mass is 239 g/mol. The molecule has 0 unspecified atom stereocenters. The molecule has 1 aliphatic rings. The summed E-state index contributed by atoms with van der Waals surface area (Å²) in [6, 6.07) is 1.09. The fraction of sp³-hybridized carbons (Fsp3) is 0.750. The van der Waals surface area contributed by atoms with Crippen LogP contribution in [0.2, 0.25) is 0 Å². The lowest BCUT2D eigenvalue weighted by molar-refractivity contribution is 0.342. The Bertz CT molecular complexity index is 340. The highest BCUT2D eigenvalue weighted by Crippen LogP contribution is 2.20. The van der Waals surface area contributed by atoms with Gasteiger partial charge in [0.2, 0.25) is 0 Å². The second kappa shape index (κ2) is 5.25. The Kier molecular flexibility index (Phi) is 3.95. The van der Waals surface area contributed by atoms with Gasteiger partial charge in [-0.15, -0.1) is 11.3 Å². The minimum absolute atomic E-state index is 0.436. The van der Waals surface area contributed by atoms with E-state index in [0.717, 1.165) is 6.54 Å². The highest BCUT2D eigenvalue weighted by atomic mass is 32.1. The molecular weight excluding hydrogens is 218 g/mol. The zero-order valence-corrected chi connectivity index (χ0v) is 10.9. The Morgan fingerprint density at radius 3 is 2.56 bits per heavy atom. The average Bonchev–Trinajstić information content (AvgIpc) is 2.57. The summed E-state index contributed by atoms with van der Waals surface area (Å²) in [5, 5.41) is 4.79. The first kappa shape index (κ1) is 12.0. The molecule has 0 aromatic carbocycles. The molecule has 1 fully saturated rings. The summed E-state index contributed by atoms with van der Waals surface area (Å²) in [6.45, 7) is 5.13. The standard InChI is InChI=1S/C12H21N3S/c1-8-12(16-9(2)15-8)7-14-11-5-3-10(13)4-6-11/h10-11,14H,3-7,13H2,1-2H3. The topological polar surface area (TPSA) is 50.9 Å². The van der Waals surface area contributed by atoms with Gasteiger partial charge in [0.1, 0.15) is 0 Å². The number of nitrogens with zero attached hydrogens (tertiary/aromatic N) is 1. The van der Waals surface area contributed by atoms with Gasteiger partial charge in [-0.25, -0.2) is 4.98 Å². The molecule has 1 saturated carbocycles.